The molecule has 0 radical (unpaired) electrons. The highest BCUT2D eigenvalue weighted by Crippen LogP contribution is 2.35. The first-order valence-corrected chi connectivity index (χ1v) is 8.29. The summed E-state index contributed by atoms with van der Waals surface area (Å²) in [4.78, 5) is 26.6. The Labute approximate surface area is 149 Å². The van der Waals surface area contributed by atoms with Crippen LogP contribution in [0.1, 0.15) is 16.7 Å². The van der Waals surface area contributed by atoms with Gasteiger partial charge < -0.3 is 0 Å². The monoisotopic (exact) mass is 352 g/mol. The maximum absolute atomic E-state index is 13.9. The highest BCUT2D eigenvalue weighted by Gasteiger charge is 2.55. The largest absolute Gasteiger partial charge is 0.271 e. The molecule has 0 aliphatic carbocycles. The maximum atomic E-state index is 13.9. The van der Waals surface area contributed by atoms with E-state index in [4.69, 9.17) is 0 Å². The van der Waals surface area contributed by atoms with Crippen LogP contribution < -0.4 is 9.91 Å². The molecule has 2 amide bonds. The van der Waals surface area contributed by atoms with Crippen molar-refractivity contribution < 1.29 is 14.0 Å². The van der Waals surface area contributed by atoms with Crippen LogP contribution in [0.25, 0.3) is 0 Å². The van der Waals surface area contributed by atoms with E-state index in [1.165, 1.54) is 11.1 Å². The Kier molecular flexibility index (Phi) is 3.61. The third-order valence-corrected chi connectivity index (χ3v) is 4.95. The van der Waals surface area contributed by atoms with E-state index in [0.29, 0.717) is 11.3 Å². The number of aryl methyl sites for hydroxylation is 3. The first kappa shape index (κ1) is 16.4. The molecule has 0 aromatic heterocycles. The molecule has 2 unspecified atom stereocenters. The molecule has 2 atom stereocenters. The van der Waals surface area contributed by atoms with Gasteiger partial charge in [-0.15, -0.1) is 0 Å². The molecule has 0 spiro atoms. The molecule has 0 N–H and O–H groups in total. The highest BCUT2D eigenvalue weighted by atomic mass is 19.1. The van der Waals surface area contributed by atoms with E-state index in [2.05, 4.69) is 10.3 Å². The Morgan fingerprint density at radius 1 is 0.885 bits per heavy atom. The Hall–Kier alpha value is -3.09. The van der Waals surface area contributed by atoms with Gasteiger partial charge in [0.05, 0.1) is 11.4 Å². The van der Waals surface area contributed by atoms with E-state index in [0.717, 1.165) is 16.0 Å². The molecule has 7 heteroatoms. The fraction of sp³-hybridized carbons (Fsp3) is 0.263. The number of hydrogen-bond donors (Lipinski definition) is 0. The third kappa shape index (κ3) is 2.31. The number of carbonyl (C=O) groups excluding carboxylic acids is 2. The van der Waals surface area contributed by atoms with Crippen molar-refractivity contribution in [3.63, 3.8) is 0 Å². The molecule has 2 aromatic carbocycles. The Morgan fingerprint density at radius 2 is 1.58 bits per heavy atom. The van der Waals surface area contributed by atoms with Crippen LogP contribution in [0.15, 0.2) is 46.7 Å². The van der Waals surface area contributed by atoms with Gasteiger partial charge in [0.15, 0.2) is 12.1 Å². The normalized spacial score (nSPS) is 21.7. The lowest BCUT2D eigenvalue weighted by atomic mass is 10.1. The van der Waals surface area contributed by atoms with Crippen molar-refractivity contribution in [3.05, 3.63) is 58.9 Å². The number of hydrogen-bond acceptors (Lipinski definition) is 5. The average molecular weight is 352 g/mol. The van der Waals surface area contributed by atoms with Gasteiger partial charge >= 0.3 is 0 Å². The second-order valence-electron chi connectivity index (χ2n) is 6.65. The van der Waals surface area contributed by atoms with Crippen LogP contribution in [0.4, 0.5) is 15.8 Å². The molecule has 26 heavy (non-hydrogen) atoms. The number of anilines is 2. The van der Waals surface area contributed by atoms with Gasteiger partial charge in [0.1, 0.15) is 5.82 Å². The van der Waals surface area contributed by atoms with Crippen molar-refractivity contribution >= 4 is 23.2 Å². The number of halogens is 1. The summed E-state index contributed by atoms with van der Waals surface area (Å²) in [7, 11) is 0. The van der Waals surface area contributed by atoms with Crippen LogP contribution in [0.2, 0.25) is 0 Å². The number of rotatable bonds is 2. The first-order chi connectivity index (χ1) is 12.4. The molecule has 6 nitrogen and oxygen atoms in total. The van der Waals surface area contributed by atoms with Crippen molar-refractivity contribution in [1.82, 2.24) is 0 Å². The van der Waals surface area contributed by atoms with Crippen molar-refractivity contribution in [3.8, 4) is 0 Å². The Bertz CT molecular complexity index is 972. The number of imide groups is 1. The fourth-order valence-electron chi connectivity index (χ4n) is 3.22. The van der Waals surface area contributed by atoms with Crippen LogP contribution in [-0.2, 0) is 9.59 Å². The van der Waals surface area contributed by atoms with E-state index in [9.17, 15) is 14.0 Å². The zero-order valence-electron chi connectivity index (χ0n) is 14.6. The Balaban J connectivity index is 1.71. The maximum Gasteiger partial charge on any atom is 0.263 e. The van der Waals surface area contributed by atoms with Gasteiger partial charge in [0, 0.05) is 0 Å². The predicted octanol–water partition coefficient (Wildman–Crippen LogP) is 3.25. The van der Waals surface area contributed by atoms with E-state index >= 15 is 0 Å². The number of benzene rings is 2. The van der Waals surface area contributed by atoms with Gasteiger partial charge in [-0.05, 0) is 61.7 Å². The number of carbonyl (C=O) groups is 2. The van der Waals surface area contributed by atoms with Crippen LogP contribution in [0.3, 0.4) is 0 Å². The third-order valence-electron chi connectivity index (χ3n) is 4.95. The van der Waals surface area contributed by atoms with Crippen LogP contribution in [0, 0.1) is 26.6 Å². The summed E-state index contributed by atoms with van der Waals surface area (Å²) in [6, 6.07) is 8.24. The molecular weight excluding hydrogens is 335 g/mol. The van der Waals surface area contributed by atoms with Crippen molar-refractivity contribution in [2.24, 2.45) is 10.3 Å². The molecule has 2 aliphatic rings. The zero-order chi connectivity index (χ0) is 18.6. The molecule has 1 fully saturated rings. The molecule has 4 rings (SSSR count). The van der Waals surface area contributed by atoms with Crippen LogP contribution in [-0.4, -0.2) is 23.9 Å². The molecular formula is C19H17FN4O2. The lowest BCUT2D eigenvalue weighted by molar-refractivity contribution is -0.121. The van der Waals surface area contributed by atoms with Gasteiger partial charge in [-0.3, -0.25) is 9.59 Å². The summed E-state index contributed by atoms with van der Waals surface area (Å²) < 4.78 is 13.9. The minimum absolute atomic E-state index is 0.215. The topological polar surface area (TPSA) is 65.3 Å². The number of nitrogens with zero attached hydrogens (tertiary/aromatic N) is 4. The first-order valence-electron chi connectivity index (χ1n) is 8.29. The second-order valence-corrected chi connectivity index (χ2v) is 6.65. The quantitative estimate of drug-likeness (QED) is 0.780. The number of fused-ring (bicyclic) bond motifs is 1. The summed E-state index contributed by atoms with van der Waals surface area (Å²) in [6.07, 6.45) is 0. The second kappa shape index (κ2) is 5.72. The SMILES string of the molecule is Cc1ccc(N2N=NC3C(=O)N(c4ccc(C)c(F)c4)C(=O)C32)cc1C. The van der Waals surface area contributed by atoms with Crippen LogP contribution >= 0.6 is 0 Å². The van der Waals surface area contributed by atoms with Gasteiger partial charge in [0.25, 0.3) is 11.8 Å². The molecule has 0 bridgehead atoms. The van der Waals surface area contributed by atoms with Gasteiger partial charge in [0.2, 0.25) is 0 Å². The Morgan fingerprint density at radius 3 is 2.27 bits per heavy atom. The van der Waals surface area contributed by atoms with Crippen molar-refractivity contribution in [1.29, 1.82) is 0 Å². The fourth-order valence-corrected chi connectivity index (χ4v) is 3.22. The van der Waals surface area contributed by atoms with Crippen LogP contribution in [0.5, 0.6) is 0 Å². The summed E-state index contributed by atoms with van der Waals surface area (Å²) in [5, 5.41) is 9.51. The van der Waals surface area contributed by atoms with E-state index in [1.807, 2.05) is 32.0 Å². The molecule has 2 aromatic rings. The lowest BCUT2D eigenvalue weighted by Gasteiger charge is -2.21. The van der Waals surface area contributed by atoms with E-state index in [-0.39, 0.29) is 5.69 Å². The highest BCUT2D eigenvalue weighted by molar-refractivity contribution is 6.26. The standard InChI is InChI=1S/C19H17FN4O2/c1-10-4-7-14(8-12(10)3)24-17-16(21-22-24)18(25)23(19(17)26)13-6-5-11(2)15(20)9-13/h4-9,16-17H,1-3H3. The molecule has 2 aliphatic heterocycles. The summed E-state index contributed by atoms with van der Waals surface area (Å²) in [5.41, 5.74) is 3.53. The smallest absolute Gasteiger partial charge is 0.263 e. The van der Waals surface area contributed by atoms with E-state index in [1.54, 1.807) is 19.1 Å². The zero-order valence-corrected chi connectivity index (χ0v) is 14.6. The molecule has 0 saturated carbocycles. The van der Waals surface area contributed by atoms with Gasteiger partial charge in [-0.25, -0.2) is 14.3 Å². The molecule has 2 heterocycles. The summed E-state index contributed by atoms with van der Waals surface area (Å²) in [6.45, 7) is 5.58. The minimum atomic E-state index is -0.909. The van der Waals surface area contributed by atoms with E-state index < -0.39 is 29.7 Å². The van der Waals surface area contributed by atoms with Gasteiger partial charge in [-0.2, -0.15) is 5.11 Å². The minimum Gasteiger partial charge on any atom is -0.271 e. The predicted molar refractivity (Wildman–Crippen MR) is 94.5 cm³/mol. The summed E-state index contributed by atoms with van der Waals surface area (Å²) >= 11 is 0. The number of amides is 2. The molecule has 1 saturated heterocycles. The van der Waals surface area contributed by atoms with Gasteiger partial charge in [-0.1, -0.05) is 17.4 Å². The average Bonchev–Trinajstić information content (AvgIpc) is 3.14. The van der Waals surface area contributed by atoms with Crippen molar-refractivity contribution in [2.45, 2.75) is 32.9 Å². The van der Waals surface area contributed by atoms with Crippen molar-refractivity contribution in [2.75, 3.05) is 9.91 Å². The lowest BCUT2D eigenvalue weighted by Crippen LogP contribution is -2.40. The molecule has 132 valence electrons. The summed E-state index contributed by atoms with van der Waals surface area (Å²) in [5.74, 6) is -1.40.